The normalized spacial score (nSPS) is 11.4. The molecule has 0 fully saturated rings. The number of benzene rings is 2. The molecular formula is C26H23FN4O2. The number of hydrogen-bond acceptors (Lipinski definition) is 4. The van der Waals surface area contributed by atoms with Gasteiger partial charge in [0.25, 0.3) is 5.56 Å². The third-order valence-electron chi connectivity index (χ3n) is 5.94. The predicted molar refractivity (Wildman–Crippen MR) is 126 cm³/mol. The van der Waals surface area contributed by atoms with Crippen LogP contribution in [0.15, 0.2) is 71.8 Å². The third kappa shape index (κ3) is 3.65. The first-order chi connectivity index (χ1) is 16.1. The second kappa shape index (κ2) is 8.50. The van der Waals surface area contributed by atoms with Gasteiger partial charge in [-0.1, -0.05) is 37.3 Å². The summed E-state index contributed by atoms with van der Waals surface area (Å²) >= 11 is 0. The minimum Gasteiger partial charge on any atom is -0.496 e. The number of methoxy groups -OCH3 is 1. The molecule has 3 aromatic heterocycles. The van der Waals surface area contributed by atoms with Gasteiger partial charge in [-0.05, 0) is 48.2 Å². The van der Waals surface area contributed by atoms with Gasteiger partial charge in [0.05, 0.1) is 23.7 Å². The number of aryl methyl sites for hydroxylation is 3. The molecule has 0 unspecified atom stereocenters. The van der Waals surface area contributed by atoms with E-state index in [1.54, 1.807) is 40.7 Å². The number of ether oxygens (including phenoxy) is 1. The molecule has 0 radical (unpaired) electrons. The van der Waals surface area contributed by atoms with Gasteiger partial charge in [-0.25, -0.2) is 13.9 Å². The van der Waals surface area contributed by atoms with Crippen molar-refractivity contribution < 1.29 is 9.13 Å². The molecule has 33 heavy (non-hydrogen) atoms. The van der Waals surface area contributed by atoms with Crippen molar-refractivity contribution in [1.29, 1.82) is 0 Å². The summed E-state index contributed by atoms with van der Waals surface area (Å²) in [6, 6.07) is 16.0. The maximum Gasteiger partial charge on any atom is 0.261 e. The molecular weight excluding hydrogens is 419 g/mol. The van der Waals surface area contributed by atoms with E-state index in [-0.39, 0.29) is 11.4 Å². The first kappa shape index (κ1) is 20.9. The molecule has 3 heterocycles. The van der Waals surface area contributed by atoms with Gasteiger partial charge < -0.3 is 9.30 Å². The Hall–Kier alpha value is -4.00. The van der Waals surface area contributed by atoms with Crippen LogP contribution in [0.25, 0.3) is 27.7 Å². The molecule has 0 aliphatic heterocycles. The van der Waals surface area contributed by atoms with Crippen molar-refractivity contribution in [2.24, 2.45) is 0 Å². The van der Waals surface area contributed by atoms with E-state index < -0.39 is 0 Å². The van der Waals surface area contributed by atoms with Crippen LogP contribution >= 0.6 is 0 Å². The number of fused-ring (bicyclic) bond motifs is 3. The topological polar surface area (TPSA) is 61.4 Å². The van der Waals surface area contributed by atoms with Crippen LogP contribution < -0.4 is 10.3 Å². The number of para-hydroxylation sites is 1. The Labute approximate surface area is 189 Å². The number of aromatic nitrogens is 4. The van der Waals surface area contributed by atoms with Gasteiger partial charge >= 0.3 is 0 Å². The molecule has 0 amide bonds. The SMILES string of the molecule is CCc1nn2c(ncc3c(=O)n(CCc4ccccc4OC)ccc32)c1-c1ccc(F)cc1. The van der Waals surface area contributed by atoms with Crippen molar-refractivity contribution in [3.05, 3.63) is 94.4 Å². The lowest BCUT2D eigenvalue weighted by atomic mass is 10.0. The van der Waals surface area contributed by atoms with E-state index in [0.717, 1.165) is 28.1 Å². The van der Waals surface area contributed by atoms with Crippen LogP contribution in [0.4, 0.5) is 4.39 Å². The molecule has 5 aromatic rings. The summed E-state index contributed by atoms with van der Waals surface area (Å²) < 4.78 is 22.3. The molecule has 0 bridgehead atoms. The molecule has 7 heteroatoms. The molecule has 166 valence electrons. The lowest BCUT2D eigenvalue weighted by molar-refractivity contribution is 0.408. The van der Waals surface area contributed by atoms with Crippen molar-refractivity contribution in [3.8, 4) is 16.9 Å². The number of nitrogens with zero attached hydrogens (tertiary/aromatic N) is 4. The van der Waals surface area contributed by atoms with E-state index in [4.69, 9.17) is 9.84 Å². The summed E-state index contributed by atoms with van der Waals surface area (Å²) in [4.78, 5) is 17.8. The van der Waals surface area contributed by atoms with Crippen molar-refractivity contribution in [2.45, 2.75) is 26.3 Å². The van der Waals surface area contributed by atoms with Crippen LogP contribution in [-0.4, -0.2) is 26.3 Å². The van der Waals surface area contributed by atoms with Crippen LogP contribution in [0.3, 0.4) is 0 Å². The van der Waals surface area contributed by atoms with E-state index in [9.17, 15) is 9.18 Å². The highest BCUT2D eigenvalue weighted by molar-refractivity contribution is 5.86. The number of rotatable bonds is 6. The van der Waals surface area contributed by atoms with E-state index in [0.29, 0.717) is 35.9 Å². The average Bonchev–Trinajstić information content (AvgIpc) is 3.23. The van der Waals surface area contributed by atoms with E-state index in [1.807, 2.05) is 37.3 Å². The van der Waals surface area contributed by atoms with Gasteiger partial charge in [-0.2, -0.15) is 5.10 Å². The molecule has 0 aliphatic rings. The van der Waals surface area contributed by atoms with Crippen molar-refractivity contribution in [1.82, 2.24) is 19.2 Å². The molecule has 2 aromatic carbocycles. The number of pyridine rings is 1. The van der Waals surface area contributed by atoms with Gasteiger partial charge in [0.1, 0.15) is 11.6 Å². The van der Waals surface area contributed by atoms with Gasteiger partial charge in [0.15, 0.2) is 5.65 Å². The molecule has 0 spiro atoms. The molecule has 6 nitrogen and oxygen atoms in total. The van der Waals surface area contributed by atoms with Gasteiger partial charge in [-0.15, -0.1) is 0 Å². The zero-order chi connectivity index (χ0) is 22.9. The standard InChI is InChI=1S/C26H23FN4O2/c1-3-21-24(18-8-10-19(27)11-9-18)25-28-16-20-22(31(25)29-21)13-15-30(26(20)32)14-12-17-6-4-5-7-23(17)33-2/h4-11,13,15-16H,3,12,14H2,1-2H3. The first-order valence-electron chi connectivity index (χ1n) is 10.9. The zero-order valence-electron chi connectivity index (χ0n) is 18.5. The highest BCUT2D eigenvalue weighted by atomic mass is 19.1. The van der Waals surface area contributed by atoms with Crippen LogP contribution in [-0.2, 0) is 19.4 Å². The zero-order valence-corrected chi connectivity index (χ0v) is 18.5. The summed E-state index contributed by atoms with van der Waals surface area (Å²) in [6.45, 7) is 2.54. The molecule has 0 saturated heterocycles. The van der Waals surface area contributed by atoms with E-state index in [2.05, 4.69) is 4.98 Å². The number of hydrogen-bond donors (Lipinski definition) is 0. The summed E-state index contributed by atoms with van der Waals surface area (Å²) in [6.07, 6.45) is 4.76. The Morgan fingerprint density at radius 3 is 2.61 bits per heavy atom. The average molecular weight is 442 g/mol. The predicted octanol–water partition coefficient (Wildman–Crippen LogP) is 4.66. The Morgan fingerprint density at radius 1 is 1.06 bits per heavy atom. The van der Waals surface area contributed by atoms with Crippen LogP contribution in [0.5, 0.6) is 5.75 Å². The number of halogens is 1. The highest BCUT2D eigenvalue weighted by Crippen LogP contribution is 2.29. The first-order valence-corrected chi connectivity index (χ1v) is 10.9. The smallest absolute Gasteiger partial charge is 0.261 e. The highest BCUT2D eigenvalue weighted by Gasteiger charge is 2.18. The Morgan fingerprint density at radius 2 is 1.85 bits per heavy atom. The van der Waals surface area contributed by atoms with Crippen molar-refractivity contribution >= 4 is 16.6 Å². The van der Waals surface area contributed by atoms with Gasteiger partial charge in [-0.3, -0.25) is 4.79 Å². The Kier molecular flexibility index (Phi) is 5.38. The summed E-state index contributed by atoms with van der Waals surface area (Å²) in [5.74, 6) is 0.520. The lowest BCUT2D eigenvalue weighted by Crippen LogP contribution is -2.21. The fourth-order valence-corrected chi connectivity index (χ4v) is 4.24. The fraction of sp³-hybridized carbons (Fsp3) is 0.192. The van der Waals surface area contributed by atoms with Crippen molar-refractivity contribution in [3.63, 3.8) is 0 Å². The maximum atomic E-state index is 13.4. The molecule has 0 atom stereocenters. The second-order valence-electron chi connectivity index (χ2n) is 7.85. The molecule has 0 saturated carbocycles. The molecule has 0 N–H and O–H groups in total. The van der Waals surface area contributed by atoms with Crippen LogP contribution in [0.2, 0.25) is 0 Å². The summed E-state index contributed by atoms with van der Waals surface area (Å²) in [5, 5.41) is 5.24. The minimum atomic E-state index is -0.291. The van der Waals surface area contributed by atoms with E-state index >= 15 is 0 Å². The van der Waals surface area contributed by atoms with Crippen LogP contribution in [0.1, 0.15) is 18.2 Å². The largest absolute Gasteiger partial charge is 0.496 e. The Bertz CT molecular complexity index is 1520. The quantitative estimate of drug-likeness (QED) is 0.384. The lowest BCUT2D eigenvalue weighted by Gasteiger charge is -2.10. The minimum absolute atomic E-state index is 0.117. The fourth-order valence-electron chi connectivity index (χ4n) is 4.24. The summed E-state index contributed by atoms with van der Waals surface area (Å²) in [7, 11) is 1.65. The van der Waals surface area contributed by atoms with E-state index in [1.165, 1.54) is 12.1 Å². The molecule has 5 rings (SSSR count). The second-order valence-corrected chi connectivity index (χ2v) is 7.85. The van der Waals surface area contributed by atoms with Gasteiger partial charge in [0, 0.05) is 24.5 Å². The monoisotopic (exact) mass is 442 g/mol. The Balaban J connectivity index is 1.58. The maximum absolute atomic E-state index is 13.4. The van der Waals surface area contributed by atoms with Crippen molar-refractivity contribution in [2.75, 3.05) is 7.11 Å². The molecule has 0 aliphatic carbocycles. The summed E-state index contributed by atoms with van der Waals surface area (Å²) in [5.41, 5.74) is 4.83. The van der Waals surface area contributed by atoms with Crippen LogP contribution in [0, 0.1) is 5.82 Å². The van der Waals surface area contributed by atoms with Gasteiger partial charge in [0.2, 0.25) is 0 Å². The third-order valence-corrected chi connectivity index (χ3v) is 5.94.